The number of hydrogen-bond acceptors (Lipinski definition) is 4. The van der Waals surface area contributed by atoms with Crippen molar-refractivity contribution in [2.75, 3.05) is 19.5 Å². The normalized spacial score (nSPS) is 10.8. The number of hydrogen-bond donors (Lipinski definition) is 1. The van der Waals surface area contributed by atoms with Crippen LogP contribution in [-0.4, -0.2) is 19.2 Å². The van der Waals surface area contributed by atoms with Crippen molar-refractivity contribution in [3.63, 3.8) is 0 Å². The third-order valence-corrected chi connectivity index (χ3v) is 5.58. The first kappa shape index (κ1) is 21.0. The topological polar surface area (TPSA) is 43.4 Å². The van der Waals surface area contributed by atoms with Gasteiger partial charge in [-0.05, 0) is 42.8 Å². The van der Waals surface area contributed by atoms with Crippen LogP contribution in [0.4, 0.5) is 5.69 Å². The first-order valence-corrected chi connectivity index (χ1v) is 10.5. The number of pyridine rings is 1. The van der Waals surface area contributed by atoms with E-state index in [0.717, 1.165) is 56.2 Å². The predicted molar refractivity (Wildman–Crippen MR) is 128 cm³/mol. The summed E-state index contributed by atoms with van der Waals surface area (Å²) in [5.74, 6) is 1.56. The number of anilines is 1. The van der Waals surface area contributed by atoms with Crippen LogP contribution in [0.25, 0.3) is 10.8 Å². The third-order valence-electron chi connectivity index (χ3n) is 5.35. The fourth-order valence-corrected chi connectivity index (χ4v) is 3.94. The Balaban J connectivity index is 1.65. The summed E-state index contributed by atoms with van der Waals surface area (Å²) in [6, 6.07) is 20.3. The minimum Gasteiger partial charge on any atom is -0.497 e. The highest BCUT2D eigenvalue weighted by atomic mass is 35.5. The second-order valence-corrected chi connectivity index (χ2v) is 7.94. The highest BCUT2D eigenvalue weighted by Gasteiger charge is 2.11. The summed E-state index contributed by atoms with van der Waals surface area (Å²) >= 11 is 6.17. The number of nitrogens with zero attached hydrogens (tertiary/aromatic N) is 1. The van der Waals surface area contributed by atoms with Gasteiger partial charge in [-0.25, -0.2) is 0 Å². The van der Waals surface area contributed by atoms with Gasteiger partial charge in [0.2, 0.25) is 0 Å². The molecule has 31 heavy (non-hydrogen) atoms. The number of nitrogens with one attached hydrogen (secondary N) is 1. The van der Waals surface area contributed by atoms with Gasteiger partial charge in [0.05, 0.1) is 31.8 Å². The molecule has 3 aromatic carbocycles. The number of aryl methyl sites for hydroxylation is 1. The van der Waals surface area contributed by atoms with Crippen LogP contribution in [0.5, 0.6) is 11.5 Å². The number of ether oxygens (including phenoxy) is 2. The first-order chi connectivity index (χ1) is 15.1. The molecule has 1 heterocycles. The summed E-state index contributed by atoms with van der Waals surface area (Å²) in [6.45, 7) is 2.72. The molecular weight excluding hydrogens is 408 g/mol. The number of benzene rings is 3. The van der Waals surface area contributed by atoms with E-state index in [0.29, 0.717) is 6.54 Å². The quantitative estimate of drug-likeness (QED) is 0.366. The van der Waals surface area contributed by atoms with E-state index in [4.69, 9.17) is 26.1 Å². The maximum absolute atomic E-state index is 6.17. The third kappa shape index (κ3) is 4.75. The number of rotatable bonds is 7. The Morgan fingerprint density at radius 1 is 0.935 bits per heavy atom. The zero-order valence-electron chi connectivity index (χ0n) is 17.9. The molecule has 158 valence electrons. The van der Waals surface area contributed by atoms with Gasteiger partial charge in [-0.15, -0.1) is 0 Å². The lowest BCUT2D eigenvalue weighted by atomic mass is 10.0. The molecular formula is C26H25ClN2O2. The summed E-state index contributed by atoms with van der Waals surface area (Å²) in [7, 11) is 3.32. The monoisotopic (exact) mass is 432 g/mol. The molecule has 0 unspecified atom stereocenters. The Morgan fingerprint density at radius 2 is 1.81 bits per heavy atom. The Morgan fingerprint density at radius 3 is 2.58 bits per heavy atom. The predicted octanol–water partition coefficient (Wildman–Crippen LogP) is 6.42. The number of methoxy groups -OCH3 is 2. The van der Waals surface area contributed by atoms with Crippen molar-refractivity contribution in [2.45, 2.75) is 19.9 Å². The van der Waals surface area contributed by atoms with E-state index < -0.39 is 0 Å². The minimum absolute atomic E-state index is 0.617. The molecule has 4 rings (SSSR count). The molecule has 0 aliphatic carbocycles. The first-order valence-electron chi connectivity index (χ1n) is 10.1. The van der Waals surface area contributed by atoms with E-state index in [9.17, 15) is 0 Å². The van der Waals surface area contributed by atoms with Crippen molar-refractivity contribution in [2.24, 2.45) is 0 Å². The maximum Gasteiger partial charge on any atom is 0.127 e. The van der Waals surface area contributed by atoms with Gasteiger partial charge in [-0.3, -0.25) is 4.98 Å². The summed E-state index contributed by atoms with van der Waals surface area (Å²) in [6.07, 6.45) is 2.64. The lowest BCUT2D eigenvalue weighted by Crippen LogP contribution is -2.04. The fourth-order valence-electron chi connectivity index (χ4n) is 3.72. The second-order valence-electron chi connectivity index (χ2n) is 7.51. The molecule has 0 bridgehead atoms. The Hall–Kier alpha value is -3.24. The average Bonchev–Trinajstić information content (AvgIpc) is 2.78. The van der Waals surface area contributed by atoms with Crippen molar-refractivity contribution < 1.29 is 9.47 Å². The van der Waals surface area contributed by atoms with Crippen LogP contribution in [0.15, 0.2) is 66.9 Å². The van der Waals surface area contributed by atoms with Crippen molar-refractivity contribution in [3.8, 4) is 11.5 Å². The van der Waals surface area contributed by atoms with E-state index >= 15 is 0 Å². The summed E-state index contributed by atoms with van der Waals surface area (Å²) < 4.78 is 10.8. The largest absolute Gasteiger partial charge is 0.497 e. The molecule has 4 aromatic rings. The standard InChI is InChI=1S/C26H25ClN2O2/c1-17-7-10-22-23(11-17)25(16-29-24(22)13-18-5-4-6-20(27)12-18)28-15-19-8-9-21(30-2)14-26(19)31-3/h4-12,14,16,28H,13,15H2,1-3H3. The maximum atomic E-state index is 6.17. The molecule has 0 saturated carbocycles. The smallest absolute Gasteiger partial charge is 0.127 e. The molecule has 5 heteroatoms. The molecule has 0 radical (unpaired) electrons. The lowest BCUT2D eigenvalue weighted by Gasteiger charge is -2.15. The lowest BCUT2D eigenvalue weighted by molar-refractivity contribution is 0.391. The average molecular weight is 433 g/mol. The molecule has 1 N–H and O–H groups in total. The van der Waals surface area contributed by atoms with Gasteiger partial charge in [-0.2, -0.15) is 0 Å². The molecule has 0 spiro atoms. The second kappa shape index (κ2) is 9.27. The van der Waals surface area contributed by atoms with Crippen LogP contribution < -0.4 is 14.8 Å². The molecule has 1 aromatic heterocycles. The van der Waals surface area contributed by atoms with Crippen LogP contribution in [0.1, 0.15) is 22.4 Å². The van der Waals surface area contributed by atoms with Crippen molar-refractivity contribution in [1.82, 2.24) is 4.98 Å². The van der Waals surface area contributed by atoms with Gasteiger partial charge in [0.25, 0.3) is 0 Å². The zero-order valence-corrected chi connectivity index (χ0v) is 18.7. The van der Waals surface area contributed by atoms with Crippen LogP contribution in [-0.2, 0) is 13.0 Å². The van der Waals surface area contributed by atoms with Gasteiger partial charge >= 0.3 is 0 Å². The van der Waals surface area contributed by atoms with Gasteiger partial charge in [0, 0.05) is 40.4 Å². The Labute approximate surface area is 187 Å². The van der Waals surface area contributed by atoms with Gasteiger partial charge < -0.3 is 14.8 Å². The highest BCUT2D eigenvalue weighted by molar-refractivity contribution is 6.30. The molecule has 0 saturated heterocycles. The fraction of sp³-hybridized carbons (Fsp3) is 0.192. The summed E-state index contributed by atoms with van der Waals surface area (Å²) in [5, 5.41) is 6.57. The Kier molecular flexibility index (Phi) is 6.28. The Bertz CT molecular complexity index is 1220. The summed E-state index contributed by atoms with van der Waals surface area (Å²) in [4.78, 5) is 4.79. The molecule has 0 atom stereocenters. The number of aromatic nitrogens is 1. The minimum atomic E-state index is 0.617. The molecule has 0 amide bonds. The number of fused-ring (bicyclic) bond motifs is 1. The van der Waals surface area contributed by atoms with E-state index in [2.05, 4.69) is 36.5 Å². The van der Waals surface area contributed by atoms with E-state index in [-0.39, 0.29) is 0 Å². The molecule has 4 nitrogen and oxygen atoms in total. The summed E-state index contributed by atoms with van der Waals surface area (Å²) in [5.41, 5.74) is 5.42. The highest BCUT2D eigenvalue weighted by Crippen LogP contribution is 2.30. The van der Waals surface area contributed by atoms with Crippen molar-refractivity contribution in [3.05, 3.63) is 94.3 Å². The van der Waals surface area contributed by atoms with Crippen molar-refractivity contribution >= 4 is 28.1 Å². The van der Waals surface area contributed by atoms with Gasteiger partial charge in [-0.1, -0.05) is 41.4 Å². The molecule has 0 fully saturated rings. The van der Waals surface area contributed by atoms with Crippen LogP contribution in [0, 0.1) is 6.92 Å². The molecule has 0 aliphatic heterocycles. The van der Waals surface area contributed by atoms with E-state index in [1.807, 2.05) is 42.6 Å². The van der Waals surface area contributed by atoms with Gasteiger partial charge in [0.1, 0.15) is 11.5 Å². The zero-order chi connectivity index (χ0) is 21.8. The SMILES string of the molecule is COc1ccc(CNc2cnc(Cc3cccc(Cl)c3)c3ccc(C)cc23)c(OC)c1. The van der Waals surface area contributed by atoms with Crippen molar-refractivity contribution in [1.29, 1.82) is 0 Å². The van der Waals surface area contributed by atoms with Crippen LogP contribution in [0.3, 0.4) is 0 Å². The van der Waals surface area contributed by atoms with Gasteiger partial charge in [0.15, 0.2) is 0 Å². The van der Waals surface area contributed by atoms with Crippen LogP contribution in [0.2, 0.25) is 5.02 Å². The van der Waals surface area contributed by atoms with Crippen LogP contribution >= 0.6 is 11.6 Å². The van der Waals surface area contributed by atoms with E-state index in [1.54, 1.807) is 14.2 Å². The molecule has 0 aliphatic rings. The van der Waals surface area contributed by atoms with E-state index in [1.165, 1.54) is 5.56 Å². The number of halogens is 1.